The molecule has 1 rings (SSSR count). The molecule has 0 bridgehead atoms. The van der Waals surface area contributed by atoms with Gasteiger partial charge in [0.25, 0.3) is 0 Å². The maximum atomic E-state index is 11.7. The molecule has 1 unspecified atom stereocenters. The van der Waals surface area contributed by atoms with Gasteiger partial charge < -0.3 is 10.6 Å². The molecule has 2 N–H and O–H groups in total. The fraction of sp³-hybridized carbons (Fsp3) is 0.562. The molecule has 0 aliphatic carbocycles. The minimum atomic E-state index is -0.170. The summed E-state index contributed by atoms with van der Waals surface area (Å²) in [4.78, 5) is 27.3. The van der Waals surface area contributed by atoms with E-state index in [1.165, 1.54) is 12.8 Å². The van der Waals surface area contributed by atoms with Crippen molar-refractivity contribution in [3.05, 3.63) is 24.5 Å². The average Bonchev–Trinajstić information content (AvgIpc) is 2.46. The highest BCUT2D eigenvalue weighted by Gasteiger charge is 2.10. The molecule has 0 spiro atoms. The summed E-state index contributed by atoms with van der Waals surface area (Å²) in [5.74, 6) is -0.239. The number of pyridine rings is 1. The fourth-order valence-electron chi connectivity index (χ4n) is 2.01. The number of anilines is 1. The summed E-state index contributed by atoms with van der Waals surface area (Å²) in [5, 5.41) is 5.64. The Kier molecular flexibility index (Phi) is 8.09. The van der Waals surface area contributed by atoms with Crippen LogP contribution >= 0.6 is 0 Å². The van der Waals surface area contributed by atoms with Gasteiger partial charge in [-0.1, -0.05) is 26.2 Å². The van der Waals surface area contributed by atoms with E-state index in [0.29, 0.717) is 5.69 Å². The molecule has 1 atom stereocenters. The van der Waals surface area contributed by atoms with E-state index in [9.17, 15) is 9.59 Å². The molecule has 116 valence electrons. The molecule has 0 aliphatic rings. The molecule has 0 radical (unpaired) electrons. The van der Waals surface area contributed by atoms with Crippen molar-refractivity contribution in [2.24, 2.45) is 0 Å². The normalized spacial score (nSPS) is 11.7. The van der Waals surface area contributed by atoms with Gasteiger partial charge in [-0.15, -0.1) is 0 Å². The molecule has 21 heavy (non-hydrogen) atoms. The van der Waals surface area contributed by atoms with Crippen LogP contribution in [0.1, 0.15) is 52.4 Å². The molecule has 1 aromatic heterocycles. The lowest BCUT2D eigenvalue weighted by Crippen LogP contribution is -2.33. The summed E-state index contributed by atoms with van der Waals surface area (Å²) >= 11 is 0. The molecule has 1 aromatic rings. The van der Waals surface area contributed by atoms with Gasteiger partial charge in [0.1, 0.15) is 0 Å². The first kappa shape index (κ1) is 17.1. The van der Waals surface area contributed by atoms with Crippen LogP contribution < -0.4 is 10.6 Å². The zero-order valence-corrected chi connectivity index (χ0v) is 12.9. The Balaban J connectivity index is 2.18. The molecular weight excluding hydrogens is 266 g/mol. The lowest BCUT2D eigenvalue weighted by molar-refractivity contribution is -0.124. The van der Waals surface area contributed by atoms with Crippen molar-refractivity contribution >= 4 is 17.5 Å². The van der Waals surface area contributed by atoms with Gasteiger partial charge in [0, 0.05) is 25.1 Å². The standard InChI is InChI=1S/C16H25N3O2/c1-3-4-5-7-13(2)18-15(20)9-10-16(21)19-14-8-6-11-17-12-14/h6,8,11-13H,3-5,7,9-10H2,1-2H3,(H,18,20)(H,19,21). The maximum absolute atomic E-state index is 11.7. The number of nitrogens with zero attached hydrogens (tertiary/aromatic N) is 1. The van der Waals surface area contributed by atoms with Crippen LogP contribution in [0.5, 0.6) is 0 Å². The fourth-order valence-corrected chi connectivity index (χ4v) is 2.01. The number of aromatic nitrogens is 1. The van der Waals surface area contributed by atoms with Crippen molar-refractivity contribution in [3.8, 4) is 0 Å². The van der Waals surface area contributed by atoms with E-state index in [1.807, 2.05) is 6.92 Å². The molecule has 0 aromatic carbocycles. The summed E-state index contributed by atoms with van der Waals surface area (Å²) in [5.41, 5.74) is 0.649. The van der Waals surface area contributed by atoms with Crippen LogP contribution in [0.2, 0.25) is 0 Å². The topological polar surface area (TPSA) is 71.1 Å². The molecule has 0 saturated carbocycles. The summed E-state index contributed by atoms with van der Waals surface area (Å²) in [6.45, 7) is 4.16. The Morgan fingerprint density at radius 3 is 2.67 bits per heavy atom. The number of carbonyl (C=O) groups excluding carboxylic acids is 2. The summed E-state index contributed by atoms with van der Waals surface area (Å²) in [7, 11) is 0. The van der Waals surface area contributed by atoms with E-state index in [0.717, 1.165) is 12.8 Å². The first-order valence-corrected chi connectivity index (χ1v) is 7.61. The van der Waals surface area contributed by atoms with Crippen molar-refractivity contribution in [1.29, 1.82) is 0 Å². The third-order valence-corrected chi connectivity index (χ3v) is 3.17. The van der Waals surface area contributed by atoms with E-state index in [4.69, 9.17) is 0 Å². The second-order valence-electron chi connectivity index (χ2n) is 5.25. The van der Waals surface area contributed by atoms with Crippen LogP contribution in [0.4, 0.5) is 5.69 Å². The molecule has 5 heteroatoms. The van der Waals surface area contributed by atoms with Crippen LogP contribution in [0.25, 0.3) is 0 Å². The van der Waals surface area contributed by atoms with Crippen molar-refractivity contribution in [3.63, 3.8) is 0 Å². The second kappa shape index (κ2) is 9.91. The van der Waals surface area contributed by atoms with Crippen molar-refractivity contribution < 1.29 is 9.59 Å². The zero-order chi connectivity index (χ0) is 15.5. The highest BCUT2D eigenvalue weighted by Crippen LogP contribution is 2.05. The lowest BCUT2D eigenvalue weighted by Gasteiger charge is -2.13. The Morgan fingerprint density at radius 2 is 2.00 bits per heavy atom. The predicted octanol–water partition coefficient (Wildman–Crippen LogP) is 2.89. The summed E-state index contributed by atoms with van der Waals surface area (Å²) in [6, 6.07) is 3.69. The van der Waals surface area contributed by atoms with Crippen molar-refractivity contribution in [1.82, 2.24) is 10.3 Å². The molecule has 5 nitrogen and oxygen atoms in total. The predicted molar refractivity (Wildman–Crippen MR) is 83.8 cm³/mol. The molecule has 0 fully saturated rings. The smallest absolute Gasteiger partial charge is 0.224 e. The number of hydrogen-bond donors (Lipinski definition) is 2. The summed E-state index contributed by atoms with van der Waals surface area (Å²) in [6.07, 6.45) is 8.09. The average molecular weight is 291 g/mol. The molecule has 0 aliphatic heterocycles. The van der Waals surface area contributed by atoms with Crippen LogP contribution in [-0.2, 0) is 9.59 Å². The monoisotopic (exact) mass is 291 g/mol. The second-order valence-corrected chi connectivity index (χ2v) is 5.25. The van der Waals surface area contributed by atoms with Crippen molar-refractivity contribution in [2.75, 3.05) is 5.32 Å². The van der Waals surface area contributed by atoms with Crippen molar-refractivity contribution in [2.45, 2.75) is 58.4 Å². The number of unbranched alkanes of at least 4 members (excludes halogenated alkanes) is 2. The van der Waals surface area contributed by atoms with Gasteiger partial charge in [0.05, 0.1) is 11.9 Å². The number of nitrogens with one attached hydrogen (secondary N) is 2. The maximum Gasteiger partial charge on any atom is 0.224 e. The van der Waals surface area contributed by atoms with Gasteiger partial charge in [-0.3, -0.25) is 14.6 Å². The number of hydrogen-bond acceptors (Lipinski definition) is 3. The van der Waals surface area contributed by atoms with Crippen LogP contribution in [-0.4, -0.2) is 22.8 Å². The summed E-state index contributed by atoms with van der Waals surface area (Å²) < 4.78 is 0. The Bertz CT molecular complexity index is 434. The Hall–Kier alpha value is -1.91. The number of carbonyl (C=O) groups is 2. The molecule has 2 amide bonds. The van der Waals surface area contributed by atoms with Crippen LogP contribution in [0, 0.1) is 0 Å². The Morgan fingerprint density at radius 1 is 1.24 bits per heavy atom. The van der Waals surface area contributed by atoms with Crippen LogP contribution in [0.15, 0.2) is 24.5 Å². The van der Waals surface area contributed by atoms with Gasteiger partial charge in [-0.2, -0.15) is 0 Å². The Labute approximate surface area is 126 Å². The highest BCUT2D eigenvalue weighted by molar-refractivity contribution is 5.93. The number of amides is 2. The van der Waals surface area contributed by atoms with Gasteiger partial charge in [-0.05, 0) is 25.5 Å². The van der Waals surface area contributed by atoms with Gasteiger partial charge >= 0.3 is 0 Å². The number of rotatable bonds is 9. The minimum absolute atomic E-state index is 0.0691. The third kappa shape index (κ3) is 8.07. The third-order valence-electron chi connectivity index (χ3n) is 3.17. The van der Waals surface area contributed by atoms with Crippen LogP contribution in [0.3, 0.4) is 0 Å². The SMILES string of the molecule is CCCCCC(C)NC(=O)CCC(=O)Nc1cccnc1. The molecule has 0 saturated heterocycles. The van der Waals surface area contributed by atoms with E-state index >= 15 is 0 Å². The first-order valence-electron chi connectivity index (χ1n) is 7.61. The molecular formula is C16H25N3O2. The largest absolute Gasteiger partial charge is 0.354 e. The van der Waals surface area contributed by atoms with Gasteiger partial charge in [0.2, 0.25) is 11.8 Å². The van der Waals surface area contributed by atoms with Gasteiger partial charge in [0.15, 0.2) is 0 Å². The quantitative estimate of drug-likeness (QED) is 0.687. The van der Waals surface area contributed by atoms with E-state index in [-0.39, 0.29) is 30.7 Å². The minimum Gasteiger partial charge on any atom is -0.354 e. The van der Waals surface area contributed by atoms with Gasteiger partial charge in [-0.25, -0.2) is 0 Å². The molecule has 1 heterocycles. The first-order chi connectivity index (χ1) is 10.1. The van der Waals surface area contributed by atoms with E-state index in [1.54, 1.807) is 24.5 Å². The highest BCUT2D eigenvalue weighted by atomic mass is 16.2. The van der Waals surface area contributed by atoms with E-state index in [2.05, 4.69) is 22.5 Å². The lowest BCUT2D eigenvalue weighted by atomic mass is 10.1. The zero-order valence-electron chi connectivity index (χ0n) is 12.9. The van der Waals surface area contributed by atoms with E-state index < -0.39 is 0 Å².